The molecule has 2 heterocycles. The van der Waals surface area contributed by atoms with Gasteiger partial charge < -0.3 is 9.25 Å². The average Bonchev–Trinajstić information content (AvgIpc) is 3.30. The first-order chi connectivity index (χ1) is 12.3. The van der Waals surface area contributed by atoms with Gasteiger partial charge in [-0.25, -0.2) is 4.98 Å². The van der Waals surface area contributed by atoms with Crippen LogP contribution in [0, 0.1) is 11.3 Å². The Morgan fingerprint density at radius 1 is 1.16 bits per heavy atom. The number of carbonyl (C=O) groups excluding carboxylic acids is 1. The fourth-order valence-electron chi connectivity index (χ4n) is 2.77. The van der Waals surface area contributed by atoms with E-state index in [2.05, 4.69) is 10.1 Å². The monoisotopic (exact) mass is 331 g/mol. The summed E-state index contributed by atoms with van der Waals surface area (Å²) >= 11 is 0. The molecule has 0 N–H and O–H groups in total. The number of rotatable bonds is 4. The van der Waals surface area contributed by atoms with E-state index in [0.717, 1.165) is 5.56 Å². The molecule has 0 saturated heterocycles. The molecule has 6 nitrogen and oxygen atoms in total. The maximum Gasteiger partial charge on any atom is 0.220 e. The number of fused-ring (bicyclic) bond motifs is 1. The molecule has 0 bridgehead atoms. The van der Waals surface area contributed by atoms with Gasteiger partial charge in [-0.1, -0.05) is 47.6 Å². The SMILES string of the molecule is N#C[C@@H](C(=O)[C@@H]1CC(c2ccccc2)=NO1)c1nc2ccccc2o1. The molecule has 1 aliphatic heterocycles. The highest BCUT2D eigenvalue weighted by Crippen LogP contribution is 2.26. The number of ketones is 1. The Balaban J connectivity index is 1.55. The first-order valence-corrected chi connectivity index (χ1v) is 7.83. The van der Waals surface area contributed by atoms with E-state index in [1.165, 1.54) is 0 Å². The van der Waals surface area contributed by atoms with Crippen molar-refractivity contribution >= 4 is 22.6 Å². The minimum absolute atomic E-state index is 0.0884. The van der Waals surface area contributed by atoms with Crippen LogP contribution in [0.2, 0.25) is 0 Å². The molecule has 2 aromatic carbocycles. The second-order valence-corrected chi connectivity index (χ2v) is 5.69. The van der Waals surface area contributed by atoms with Gasteiger partial charge >= 0.3 is 0 Å². The van der Waals surface area contributed by atoms with Gasteiger partial charge in [-0.05, 0) is 17.7 Å². The second kappa shape index (κ2) is 6.21. The zero-order chi connectivity index (χ0) is 17.2. The van der Waals surface area contributed by atoms with Crippen molar-refractivity contribution in [1.29, 1.82) is 5.26 Å². The van der Waals surface area contributed by atoms with Gasteiger partial charge in [0.25, 0.3) is 0 Å². The van der Waals surface area contributed by atoms with Gasteiger partial charge in [-0.2, -0.15) is 5.26 Å². The Bertz CT molecular complexity index is 968. The molecule has 2 atom stereocenters. The lowest BCUT2D eigenvalue weighted by Crippen LogP contribution is -2.26. The van der Waals surface area contributed by atoms with Crippen molar-refractivity contribution < 1.29 is 14.0 Å². The molecule has 0 aliphatic carbocycles. The Labute approximate surface area is 143 Å². The molecule has 0 amide bonds. The number of benzene rings is 2. The normalized spacial score (nSPS) is 17.6. The Hall–Kier alpha value is -3.46. The van der Waals surface area contributed by atoms with Crippen LogP contribution in [-0.4, -0.2) is 22.6 Å². The van der Waals surface area contributed by atoms with Gasteiger partial charge in [-0.3, -0.25) is 4.79 Å². The maximum absolute atomic E-state index is 12.7. The fourth-order valence-corrected chi connectivity index (χ4v) is 2.77. The average molecular weight is 331 g/mol. The number of aromatic nitrogens is 1. The molecule has 0 saturated carbocycles. The zero-order valence-corrected chi connectivity index (χ0v) is 13.1. The van der Waals surface area contributed by atoms with Gasteiger partial charge in [0, 0.05) is 6.42 Å². The zero-order valence-electron chi connectivity index (χ0n) is 13.1. The van der Waals surface area contributed by atoms with Gasteiger partial charge in [0.05, 0.1) is 11.8 Å². The van der Waals surface area contributed by atoms with Crippen LogP contribution in [0.3, 0.4) is 0 Å². The van der Waals surface area contributed by atoms with Crippen LogP contribution in [0.5, 0.6) is 0 Å². The number of oxime groups is 1. The molecule has 3 aromatic rings. The summed E-state index contributed by atoms with van der Waals surface area (Å²) in [5.74, 6) is -1.43. The van der Waals surface area contributed by atoms with Crippen molar-refractivity contribution in [2.45, 2.75) is 18.4 Å². The predicted molar refractivity (Wildman–Crippen MR) is 89.8 cm³/mol. The van der Waals surface area contributed by atoms with Crippen LogP contribution in [0.25, 0.3) is 11.1 Å². The largest absolute Gasteiger partial charge is 0.439 e. The quantitative estimate of drug-likeness (QED) is 0.732. The second-order valence-electron chi connectivity index (χ2n) is 5.69. The smallest absolute Gasteiger partial charge is 0.220 e. The summed E-state index contributed by atoms with van der Waals surface area (Å²) in [5.41, 5.74) is 2.74. The Kier molecular flexibility index (Phi) is 3.75. The van der Waals surface area contributed by atoms with Gasteiger partial charge in [-0.15, -0.1) is 0 Å². The topological polar surface area (TPSA) is 88.5 Å². The van der Waals surface area contributed by atoms with Crippen LogP contribution in [0.1, 0.15) is 23.8 Å². The van der Waals surface area contributed by atoms with Crippen molar-refractivity contribution in [3.05, 3.63) is 66.1 Å². The third kappa shape index (κ3) is 2.76. The number of oxazole rings is 1. The summed E-state index contributed by atoms with van der Waals surface area (Å²) in [4.78, 5) is 22.2. The van der Waals surface area contributed by atoms with Crippen molar-refractivity contribution in [3.8, 4) is 6.07 Å². The third-order valence-corrected chi connectivity index (χ3v) is 4.06. The lowest BCUT2D eigenvalue weighted by molar-refractivity contribution is -0.129. The van der Waals surface area contributed by atoms with Crippen molar-refractivity contribution in [1.82, 2.24) is 4.98 Å². The number of hydrogen-bond donors (Lipinski definition) is 0. The molecule has 0 unspecified atom stereocenters. The van der Waals surface area contributed by atoms with E-state index in [-0.39, 0.29) is 5.89 Å². The van der Waals surface area contributed by atoms with Gasteiger partial charge in [0.2, 0.25) is 11.7 Å². The van der Waals surface area contributed by atoms with E-state index in [4.69, 9.17) is 9.25 Å². The Morgan fingerprint density at radius 3 is 2.68 bits per heavy atom. The highest BCUT2D eigenvalue weighted by Gasteiger charge is 2.37. The third-order valence-electron chi connectivity index (χ3n) is 4.06. The molecule has 25 heavy (non-hydrogen) atoms. The number of carbonyl (C=O) groups is 1. The number of hydrogen-bond acceptors (Lipinski definition) is 6. The molecule has 0 fully saturated rings. The molecular formula is C19H13N3O3. The molecule has 6 heteroatoms. The Morgan fingerprint density at radius 2 is 1.92 bits per heavy atom. The molecule has 1 aliphatic rings. The van der Waals surface area contributed by atoms with Crippen LogP contribution in [0.4, 0.5) is 0 Å². The molecule has 122 valence electrons. The highest BCUT2D eigenvalue weighted by molar-refractivity contribution is 6.05. The van der Waals surface area contributed by atoms with E-state index >= 15 is 0 Å². The summed E-state index contributed by atoms with van der Waals surface area (Å²) in [6.07, 6.45) is -0.490. The summed E-state index contributed by atoms with van der Waals surface area (Å²) in [7, 11) is 0. The predicted octanol–water partition coefficient (Wildman–Crippen LogP) is 3.20. The van der Waals surface area contributed by atoms with Crippen LogP contribution in [0.15, 0.2) is 64.2 Å². The lowest BCUT2D eigenvalue weighted by atomic mass is 9.96. The summed E-state index contributed by atoms with van der Waals surface area (Å²) < 4.78 is 5.57. The standard InChI is InChI=1S/C19H13N3O3/c20-11-13(19-21-14-8-4-5-9-16(14)24-19)18(23)17-10-15(22-25-17)12-6-2-1-3-7-12/h1-9,13,17H,10H2/t13-,17-/m0/s1. The molecule has 4 rings (SSSR count). The summed E-state index contributed by atoms with van der Waals surface area (Å²) in [6.45, 7) is 0. The van der Waals surface area contributed by atoms with Crippen LogP contribution < -0.4 is 0 Å². The van der Waals surface area contributed by atoms with Crippen LogP contribution >= 0.6 is 0 Å². The van der Waals surface area contributed by atoms with E-state index in [1.807, 2.05) is 42.5 Å². The van der Waals surface area contributed by atoms with Crippen LogP contribution in [-0.2, 0) is 9.63 Å². The minimum atomic E-state index is -1.12. The molecule has 0 spiro atoms. The lowest BCUT2D eigenvalue weighted by Gasteiger charge is -2.09. The van der Waals surface area contributed by atoms with E-state index in [1.54, 1.807) is 18.2 Å². The van der Waals surface area contributed by atoms with Crippen molar-refractivity contribution in [2.75, 3.05) is 0 Å². The number of nitriles is 1. The molecule has 1 aromatic heterocycles. The van der Waals surface area contributed by atoms with E-state index in [9.17, 15) is 10.1 Å². The first kappa shape index (κ1) is 15.1. The van der Waals surface area contributed by atoms with Crippen molar-refractivity contribution in [3.63, 3.8) is 0 Å². The van der Waals surface area contributed by atoms with E-state index in [0.29, 0.717) is 23.2 Å². The minimum Gasteiger partial charge on any atom is -0.439 e. The summed E-state index contributed by atoms with van der Waals surface area (Å²) in [6, 6.07) is 18.6. The van der Waals surface area contributed by atoms with Gasteiger partial charge in [0.15, 0.2) is 17.6 Å². The molecule has 0 radical (unpaired) electrons. The van der Waals surface area contributed by atoms with E-state index < -0.39 is 17.8 Å². The molecular weight excluding hydrogens is 318 g/mol. The summed E-state index contributed by atoms with van der Waals surface area (Å²) in [5, 5.41) is 13.5. The number of nitrogens with zero attached hydrogens (tertiary/aromatic N) is 3. The fraction of sp³-hybridized carbons (Fsp3) is 0.158. The first-order valence-electron chi connectivity index (χ1n) is 7.83. The van der Waals surface area contributed by atoms with Crippen molar-refractivity contribution in [2.24, 2.45) is 5.16 Å². The maximum atomic E-state index is 12.7. The highest BCUT2D eigenvalue weighted by atomic mass is 16.6. The number of para-hydroxylation sites is 2. The van der Waals surface area contributed by atoms with Gasteiger partial charge in [0.1, 0.15) is 5.52 Å². The number of Topliss-reactive ketones (excluding diaryl/α,β-unsaturated/α-hetero) is 1.